The number of nitrogens with zero attached hydrogens (tertiary/aromatic N) is 2. The van der Waals surface area contributed by atoms with Crippen LogP contribution in [0.5, 0.6) is 11.5 Å². The first-order valence-electron chi connectivity index (χ1n) is 15.9. The molecule has 1 heterocycles. The Morgan fingerprint density at radius 2 is 1.85 bits per heavy atom. The number of rotatable bonds is 10. The lowest BCUT2D eigenvalue weighted by molar-refractivity contribution is -0.142. The summed E-state index contributed by atoms with van der Waals surface area (Å²) in [5.74, 6) is -1.10. The number of hydrogen-bond acceptors (Lipinski definition) is 8. The third-order valence-electron chi connectivity index (χ3n) is 8.18. The SMILES string of the molecule is COc1ccc(S(=O)(=O)N(C)C[C@@H]2OCCCC[C@@H](C)Oc3ccc(NC(=O)CCC(F)(F)F)cc3C(=O)N([C@@H](C)CO)C[C@H]2C)cc1. The summed E-state index contributed by atoms with van der Waals surface area (Å²) in [5.41, 5.74) is 0.166. The van der Waals surface area contributed by atoms with Gasteiger partial charge in [-0.3, -0.25) is 9.59 Å². The first-order valence-corrected chi connectivity index (χ1v) is 17.3. The highest BCUT2D eigenvalue weighted by Crippen LogP contribution is 2.29. The molecule has 0 saturated carbocycles. The average molecular weight is 702 g/mol. The van der Waals surface area contributed by atoms with Crippen molar-refractivity contribution in [1.82, 2.24) is 9.21 Å². The molecular weight excluding hydrogens is 655 g/mol. The molecule has 0 spiro atoms. The van der Waals surface area contributed by atoms with Crippen LogP contribution in [0.25, 0.3) is 0 Å². The molecule has 3 rings (SSSR count). The van der Waals surface area contributed by atoms with E-state index in [1.165, 1.54) is 53.7 Å². The summed E-state index contributed by atoms with van der Waals surface area (Å²) in [6.07, 6.45) is -5.55. The zero-order chi connectivity index (χ0) is 35.6. The lowest BCUT2D eigenvalue weighted by Gasteiger charge is -2.35. The number of aliphatic hydroxyl groups excluding tert-OH is 1. The molecule has 11 nitrogen and oxygen atoms in total. The Bertz CT molecular complexity index is 1470. The van der Waals surface area contributed by atoms with Crippen LogP contribution in [0.1, 0.15) is 63.2 Å². The number of fused-ring (bicyclic) bond motifs is 1. The fourth-order valence-corrected chi connectivity index (χ4v) is 6.40. The van der Waals surface area contributed by atoms with E-state index in [0.717, 1.165) is 0 Å². The second-order valence-corrected chi connectivity index (χ2v) is 14.2. The largest absolute Gasteiger partial charge is 0.497 e. The third-order valence-corrected chi connectivity index (χ3v) is 10.0. The monoisotopic (exact) mass is 701 g/mol. The number of likely N-dealkylation sites (N-methyl/N-ethyl adjacent to an activating group) is 1. The molecule has 2 amide bonds. The second-order valence-electron chi connectivity index (χ2n) is 12.1. The second kappa shape index (κ2) is 17.3. The lowest BCUT2D eigenvalue weighted by Crippen LogP contribution is -2.48. The maximum Gasteiger partial charge on any atom is 0.389 e. The molecule has 268 valence electrons. The number of nitrogens with one attached hydrogen (secondary N) is 1. The standard InChI is InChI=1S/C33H46F3N3O8S/c1-22-19-39(23(2)21-40)32(42)28-18-25(37-31(41)15-16-33(34,35)36)9-14-29(28)47-24(3)8-6-7-17-46-30(22)20-38(4)48(43,44)27-12-10-26(45-5)11-13-27/h9-14,18,22-24,30,40H,6-8,15-17,19-21H2,1-5H3,(H,37,41)/t22-,23+,24-,30+/m1/s1. The van der Waals surface area contributed by atoms with Crippen LogP contribution in [-0.2, 0) is 19.6 Å². The quantitative estimate of drug-likeness (QED) is 0.350. The number of amides is 2. The Morgan fingerprint density at radius 3 is 2.48 bits per heavy atom. The summed E-state index contributed by atoms with van der Waals surface area (Å²) in [6.45, 7) is 5.30. The molecule has 0 bridgehead atoms. The van der Waals surface area contributed by atoms with E-state index in [2.05, 4.69) is 5.32 Å². The van der Waals surface area contributed by atoms with Crippen LogP contribution in [-0.4, -0.2) is 99.4 Å². The number of methoxy groups -OCH3 is 1. The van der Waals surface area contributed by atoms with Gasteiger partial charge in [0.1, 0.15) is 11.5 Å². The number of alkyl halides is 3. The van der Waals surface area contributed by atoms with E-state index >= 15 is 0 Å². The van der Waals surface area contributed by atoms with Crippen molar-refractivity contribution in [2.75, 3.05) is 45.8 Å². The molecule has 0 aliphatic carbocycles. The minimum Gasteiger partial charge on any atom is -0.497 e. The van der Waals surface area contributed by atoms with Gasteiger partial charge in [0.05, 0.1) is 48.8 Å². The first kappa shape index (κ1) is 39.0. The van der Waals surface area contributed by atoms with Crippen molar-refractivity contribution in [3.63, 3.8) is 0 Å². The molecule has 0 aromatic heterocycles. The molecule has 2 aromatic carbocycles. The molecule has 15 heteroatoms. The molecule has 2 aromatic rings. The number of sulfonamides is 1. The summed E-state index contributed by atoms with van der Waals surface area (Å²) in [5, 5.41) is 12.6. The number of carbonyl (C=O) groups excluding carboxylic acids is 2. The zero-order valence-electron chi connectivity index (χ0n) is 28.0. The number of carbonyl (C=O) groups is 2. The van der Waals surface area contributed by atoms with Crippen LogP contribution in [0.3, 0.4) is 0 Å². The summed E-state index contributed by atoms with van der Waals surface area (Å²) in [7, 11) is -0.960. The summed E-state index contributed by atoms with van der Waals surface area (Å²) < 4.78 is 83.6. The van der Waals surface area contributed by atoms with Crippen LogP contribution >= 0.6 is 0 Å². The first-order chi connectivity index (χ1) is 22.5. The lowest BCUT2D eigenvalue weighted by atomic mass is 10.0. The summed E-state index contributed by atoms with van der Waals surface area (Å²) >= 11 is 0. The number of aliphatic hydroxyl groups is 1. The van der Waals surface area contributed by atoms with E-state index in [-0.39, 0.29) is 41.1 Å². The fourth-order valence-electron chi connectivity index (χ4n) is 5.22. The van der Waals surface area contributed by atoms with E-state index in [0.29, 0.717) is 31.6 Å². The van der Waals surface area contributed by atoms with Crippen molar-refractivity contribution in [1.29, 1.82) is 0 Å². The molecule has 2 N–H and O–H groups in total. The highest BCUT2D eigenvalue weighted by atomic mass is 32.2. The topological polar surface area (TPSA) is 135 Å². The van der Waals surface area contributed by atoms with Crippen LogP contribution in [0, 0.1) is 5.92 Å². The van der Waals surface area contributed by atoms with Gasteiger partial charge in [0, 0.05) is 44.8 Å². The Labute approximate surface area is 280 Å². The maximum absolute atomic E-state index is 14.2. The van der Waals surface area contributed by atoms with Gasteiger partial charge in [-0.2, -0.15) is 17.5 Å². The Hall–Kier alpha value is -3.40. The summed E-state index contributed by atoms with van der Waals surface area (Å²) in [6, 6.07) is 9.64. The van der Waals surface area contributed by atoms with Gasteiger partial charge in [0.25, 0.3) is 5.91 Å². The van der Waals surface area contributed by atoms with Crippen molar-refractivity contribution in [2.45, 2.75) is 82.2 Å². The molecule has 48 heavy (non-hydrogen) atoms. The minimum atomic E-state index is -4.50. The Balaban J connectivity index is 1.93. The number of hydrogen-bond donors (Lipinski definition) is 2. The van der Waals surface area contributed by atoms with Crippen molar-refractivity contribution in [3.8, 4) is 11.5 Å². The van der Waals surface area contributed by atoms with E-state index in [4.69, 9.17) is 14.2 Å². The molecular formula is C33H46F3N3O8S. The van der Waals surface area contributed by atoms with E-state index in [1.807, 2.05) is 13.8 Å². The molecule has 0 radical (unpaired) electrons. The molecule has 0 unspecified atom stereocenters. The normalized spacial score (nSPS) is 20.8. The average Bonchev–Trinajstić information content (AvgIpc) is 3.04. The van der Waals surface area contributed by atoms with Crippen LogP contribution < -0.4 is 14.8 Å². The van der Waals surface area contributed by atoms with Crippen molar-refractivity contribution < 1.29 is 50.5 Å². The fraction of sp³-hybridized carbons (Fsp3) is 0.576. The van der Waals surface area contributed by atoms with Crippen LogP contribution in [0.2, 0.25) is 0 Å². The number of anilines is 1. The molecule has 1 aliphatic rings. The number of benzene rings is 2. The van der Waals surface area contributed by atoms with Crippen molar-refractivity contribution in [3.05, 3.63) is 48.0 Å². The van der Waals surface area contributed by atoms with Gasteiger partial charge in [0.15, 0.2) is 0 Å². The molecule has 1 aliphatic heterocycles. The molecule has 0 fully saturated rings. The van der Waals surface area contributed by atoms with E-state index in [1.54, 1.807) is 19.1 Å². The van der Waals surface area contributed by atoms with Gasteiger partial charge in [-0.05, 0) is 75.6 Å². The van der Waals surface area contributed by atoms with E-state index in [9.17, 15) is 36.3 Å². The van der Waals surface area contributed by atoms with Crippen LogP contribution in [0.15, 0.2) is 47.4 Å². The van der Waals surface area contributed by atoms with Gasteiger partial charge in [-0.25, -0.2) is 8.42 Å². The molecule has 0 saturated heterocycles. The number of halogens is 3. The van der Waals surface area contributed by atoms with Crippen LogP contribution in [0.4, 0.5) is 18.9 Å². The molecule has 4 atom stereocenters. The highest BCUT2D eigenvalue weighted by molar-refractivity contribution is 7.89. The van der Waals surface area contributed by atoms with Gasteiger partial charge < -0.3 is 29.5 Å². The van der Waals surface area contributed by atoms with Gasteiger partial charge in [-0.15, -0.1) is 0 Å². The van der Waals surface area contributed by atoms with Crippen molar-refractivity contribution >= 4 is 27.5 Å². The van der Waals surface area contributed by atoms with Crippen molar-refractivity contribution in [2.24, 2.45) is 5.92 Å². The van der Waals surface area contributed by atoms with Gasteiger partial charge >= 0.3 is 6.18 Å². The van der Waals surface area contributed by atoms with Gasteiger partial charge in [-0.1, -0.05) is 6.92 Å². The highest BCUT2D eigenvalue weighted by Gasteiger charge is 2.33. The Morgan fingerprint density at radius 1 is 1.17 bits per heavy atom. The Kier molecular flexibility index (Phi) is 14.1. The van der Waals surface area contributed by atoms with E-state index < -0.39 is 65.5 Å². The zero-order valence-corrected chi connectivity index (χ0v) is 28.8. The predicted molar refractivity (Wildman–Crippen MR) is 174 cm³/mol. The predicted octanol–water partition coefficient (Wildman–Crippen LogP) is 5.09. The smallest absolute Gasteiger partial charge is 0.389 e. The number of ether oxygens (including phenoxy) is 3. The van der Waals surface area contributed by atoms with Gasteiger partial charge in [0.2, 0.25) is 15.9 Å². The minimum absolute atomic E-state index is 0.0186. The summed E-state index contributed by atoms with van der Waals surface area (Å²) in [4.78, 5) is 28.0. The maximum atomic E-state index is 14.2. The third kappa shape index (κ3) is 11.1.